The molecule has 0 bridgehead atoms. The number of nitrogens with zero attached hydrogens (tertiary/aromatic N) is 1. The Morgan fingerprint density at radius 2 is 1.96 bits per heavy atom. The molecule has 2 heterocycles. The van der Waals surface area contributed by atoms with Crippen molar-refractivity contribution in [2.75, 3.05) is 16.8 Å². The monoisotopic (exact) mass is 426 g/mol. The van der Waals surface area contributed by atoms with Crippen LogP contribution < -0.4 is 10.2 Å². The van der Waals surface area contributed by atoms with E-state index in [4.69, 9.17) is 0 Å². The van der Waals surface area contributed by atoms with Gasteiger partial charge in [0.1, 0.15) is 0 Å². The second-order valence-electron chi connectivity index (χ2n) is 6.39. The predicted molar refractivity (Wildman–Crippen MR) is 113 cm³/mol. The smallest absolute Gasteiger partial charge is 0.223 e. The Kier molecular flexibility index (Phi) is 4.83. The van der Waals surface area contributed by atoms with Crippen LogP contribution >= 0.6 is 27.3 Å². The van der Waals surface area contributed by atoms with E-state index < -0.39 is 0 Å². The summed E-state index contributed by atoms with van der Waals surface area (Å²) in [5.41, 5.74) is 4.64. The molecule has 0 radical (unpaired) electrons. The van der Waals surface area contributed by atoms with Gasteiger partial charge >= 0.3 is 0 Å². The summed E-state index contributed by atoms with van der Waals surface area (Å²) in [4.78, 5) is 16.1. The fourth-order valence-electron chi connectivity index (χ4n) is 3.27. The third-order valence-corrected chi connectivity index (χ3v) is 6.28. The molecule has 0 saturated carbocycles. The summed E-state index contributed by atoms with van der Waals surface area (Å²) in [5, 5.41) is 3.51. The van der Waals surface area contributed by atoms with Gasteiger partial charge in [0.25, 0.3) is 0 Å². The zero-order chi connectivity index (χ0) is 18.1. The standard InChI is InChI=1S/C21H19BrN2OS/c1-14(25)24-11-10-16-12-18(6-8-20(16)24)23-13-19-7-9-21(26-19)15-2-4-17(22)5-3-15/h2-9,12,23H,10-11,13H2,1H3. The Hall–Kier alpha value is -2.11. The first-order valence-electron chi connectivity index (χ1n) is 8.60. The van der Waals surface area contributed by atoms with Gasteiger partial charge in [-0.05, 0) is 60.0 Å². The third kappa shape index (κ3) is 3.55. The van der Waals surface area contributed by atoms with Crippen molar-refractivity contribution in [2.45, 2.75) is 19.9 Å². The lowest BCUT2D eigenvalue weighted by atomic mass is 10.1. The van der Waals surface area contributed by atoms with E-state index in [0.29, 0.717) is 0 Å². The maximum Gasteiger partial charge on any atom is 0.223 e. The molecule has 0 aliphatic carbocycles. The number of carbonyl (C=O) groups excluding carboxylic acids is 1. The van der Waals surface area contributed by atoms with Gasteiger partial charge in [0.15, 0.2) is 0 Å². The van der Waals surface area contributed by atoms with Crippen molar-refractivity contribution in [3.63, 3.8) is 0 Å². The van der Waals surface area contributed by atoms with Crippen LogP contribution in [0.1, 0.15) is 17.4 Å². The molecule has 4 rings (SSSR count). The van der Waals surface area contributed by atoms with E-state index in [1.807, 2.05) is 22.3 Å². The maximum absolute atomic E-state index is 11.7. The van der Waals surface area contributed by atoms with Crippen molar-refractivity contribution >= 4 is 44.5 Å². The van der Waals surface area contributed by atoms with E-state index in [0.717, 1.165) is 35.4 Å². The van der Waals surface area contributed by atoms with Crippen LogP contribution in [0.3, 0.4) is 0 Å². The normalized spacial score (nSPS) is 12.9. The predicted octanol–water partition coefficient (Wildman–Crippen LogP) is 5.70. The SMILES string of the molecule is CC(=O)N1CCc2cc(NCc3ccc(-c4ccc(Br)cc4)s3)ccc21. The zero-order valence-electron chi connectivity index (χ0n) is 14.5. The molecule has 1 aliphatic heterocycles. The molecule has 0 spiro atoms. The molecule has 1 aromatic heterocycles. The van der Waals surface area contributed by atoms with Crippen LogP contribution in [-0.4, -0.2) is 12.5 Å². The third-order valence-electron chi connectivity index (χ3n) is 4.61. The Morgan fingerprint density at radius 3 is 2.73 bits per heavy atom. The highest BCUT2D eigenvalue weighted by Gasteiger charge is 2.21. The summed E-state index contributed by atoms with van der Waals surface area (Å²) in [5.74, 6) is 0.114. The van der Waals surface area contributed by atoms with Crippen LogP contribution in [0.2, 0.25) is 0 Å². The van der Waals surface area contributed by atoms with Gasteiger partial charge in [-0.15, -0.1) is 11.3 Å². The van der Waals surface area contributed by atoms with Gasteiger partial charge in [-0.3, -0.25) is 4.79 Å². The van der Waals surface area contributed by atoms with Crippen molar-refractivity contribution < 1.29 is 4.79 Å². The molecule has 0 atom stereocenters. The summed E-state index contributed by atoms with van der Waals surface area (Å²) in [6, 6.07) is 19.0. The average molecular weight is 427 g/mol. The van der Waals surface area contributed by atoms with E-state index in [-0.39, 0.29) is 5.91 Å². The van der Waals surface area contributed by atoms with E-state index in [1.54, 1.807) is 6.92 Å². The molecule has 1 aliphatic rings. The largest absolute Gasteiger partial charge is 0.380 e. The molecule has 0 fully saturated rings. The van der Waals surface area contributed by atoms with Crippen molar-refractivity contribution in [1.29, 1.82) is 0 Å². The Morgan fingerprint density at radius 1 is 1.15 bits per heavy atom. The molecule has 0 unspecified atom stereocenters. The summed E-state index contributed by atoms with van der Waals surface area (Å²) in [6.07, 6.45) is 0.928. The highest BCUT2D eigenvalue weighted by Crippen LogP contribution is 2.32. The van der Waals surface area contributed by atoms with Gasteiger partial charge in [0.2, 0.25) is 5.91 Å². The summed E-state index contributed by atoms with van der Waals surface area (Å²) in [6.45, 7) is 3.22. The van der Waals surface area contributed by atoms with Crippen molar-refractivity contribution in [2.24, 2.45) is 0 Å². The molecule has 26 heavy (non-hydrogen) atoms. The van der Waals surface area contributed by atoms with Gasteiger partial charge in [0.05, 0.1) is 0 Å². The van der Waals surface area contributed by atoms with Crippen molar-refractivity contribution in [3.05, 3.63) is 69.5 Å². The number of halogens is 1. The van der Waals surface area contributed by atoms with Crippen LogP contribution in [0.5, 0.6) is 0 Å². The number of fused-ring (bicyclic) bond motifs is 1. The molecule has 0 saturated heterocycles. The summed E-state index contributed by atoms with van der Waals surface area (Å²) in [7, 11) is 0. The molecule has 2 aromatic carbocycles. The van der Waals surface area contributed by atoms with Crippen LogP contribution in [-0.2, 0) is 17.8 Å². The molecular weight excluding hydrogens is 408 g/mol. The molecule has 3 aromatic rings. The zero-order valence-corrected chi connectivity index (χ0v) is 16.9. The number of anilines is 2. The molecule has 3 nitrogen and oxygen atoms in total. The lowest BCUT2D eigenvalue weighted by Gasteiger charge is -2.15. The van der Waals surface area contributed by atoms with E-state index in [9.17, 15) is 4.79 Å². The fourth-order valence-corrected chi connectivity index (χ4v) is 4.49. The van der Waals surface area contributed by atoms with Crippen molar-refractivity contribution in [3.8, 4) is 10.4 Å². The maximum atomic E-state index is 11.7. The minimum Gasteiger partial charge on any atom is -0.380 e. The lowest BCUT2D eigenvalue weighted by molar-refractivity contribution is -0.116. The van der Waals surface area contributed by atoms with E-state index in [2.05, 4.69) is 69.8 Å². The molecular formula is C21H19BrN2OS. The summed E-state index contributed by atoms with van der Waals surface area (Å²) < 4.78 is 1.10. The molecule has 5 heteroatoms. The minimum absolute atomic E-state index is 0.114. The quantitative estimate of drug-likeness (QED) is 0.580. The van der Waals surface area contributed by atoms with E-state index in [1.165, 1.54) is 20.9 Å². The van der Waals surface area contributed by atoms with Crippen molar-refractivity contribution in [1.82, 2.24) is 0 Å². The van der Waals surface area contributed by atoms with Gasteiger partial charge < -0.3 is 10.2 Å². The average Bonchev–Trinajstić information content (AvgIpc) is 3.27. The van der Waals surface area contributed by atoms with Gasteiger partial charge in [-0.2, -0.15) is 0 Å². The number of hydrogen-bond acceptors (Lipinski definition) is 3. The first kappa shape index (κ1) is 17.3. The second-order valence-corrected chi connectivity index (χ2v) is 8.47. The minimum atomic E-state index is 0.114. The molecule has 1 amide bonds. The number of rotatable bonds is 4. The highest BCUT2D eigenvalue weighted by molar-refractivity contribution is 9.10. The van der Waals surface area contributed by atoms with Crippen LogP contribution in [0.15, 0.2) is 59.1 Å². The van der Waals surface area contributed by atoms with Crippen LogP contribution in [0, 0.1) is 0 Å². The number of thiophene rings is 1. The van der Waals surface area contributed by atoms with Gasteiger partial charge in [-0.25, -0.2) is 0 Å². The Bertz CT molecular complexity index is 949. The number of hydrogen-bond donors (Lipinski definition) is 1. The first-order valence-corrected chi connectivity index (χ1v) is 10.2. The first-order chi connectivity index (χ1) is 12.6. The van der Waals surface area contributed by atoms with Crippen LogP contribution in [0.4, 0.5) is 11.4 Å². The number of nitrogens with one attached hydrogen (secondary N) is 1. The van der Waals surface area contributed by atoms with Crippen LogP contribution in [0.25, 0.3) is 10.4 Å². The van der Waals surface area contributed by atoms with E-state index >= 15 is 0 Å². The number of amides is 1. The van der Waals surface area contributed by atoms with Gasteiger partial charge in [0, 0.05) is 45.6 Å². The molecule has 132 valence electrons. The lowest BCUT2D eigenvalue weighted by Crippen LogP contribution is -2.25. The highest BCUT2D eigenvalue weighted by atomic mass is 79.9. The Balaban J connectivity index is 1.44. The fraction of sp³-hybridized carbons (Fsp3) is 0.190. The van der Waals surface area contributed by atoms with Gasteiger partial charge in [-0.1, -0.05) is 28.1 Å². The summed E-state index contributed by atoms with van der Waals surface area (Å²) >= 11 is 5.29. The topological polar surface area (TPSA) is 32.3 Å². The number of benzene rings is 2. The second kappa shape index (κ2) is 7.25. The molecule has 1 N–H and O–H groups in total. The Labute approximate surface area is 165 Å². The number of carbonyl (C=O) groups is 1.